The maximum Gasteiger partial charge on any atom is 0.472 e. The number of hydrogen-bond acceptors (Lipinski definition) is 9. The molecule has 0 aromatic heterocycles. The Kier molecular flexibility index (Phi) is 37.8. The fraction of sp³-hybridized carbons (Fsp3) is 0.884. The highest BCUT2D eigenvalue weighted by molar-refractivity contribution is 7.47. The minimum absolute atomic E-state index is 0.166. The lowest BCUT2D eigenvalue weighted by Crippen LogP contribution is -2.34. The second-order valence-electron chi connectivity index (χ2n) is 15.2. The van der Waals surface area contributed by atoms with Crippen molar-refractivity contribution < 1.29 is 47.5 Å². The number of unbranched alkanes of at least 4 members (excludes halogenated alkanes) is 26. The van der Waals surface area contributed by atoms with Crippen LogP contribution in [-0.2, 0) is 37.5 Å². The van der Waals surface area contributed by atoms with Crippen molar-refractivity contribution >= 4 is 25.7 Å². The van der Waals surface area contributed by atoms with Gasteiger partial charge >= 0.3 is 25.7 Å². The molecule has 0 bridgehead atoms. The molecule has 0 aliphatic rings. The van der Waals surface area contributed by atoms with E-state index in [1.807, 2.05) is 0 Å². The summed E-state index contributed by atoms with van der Waals surface area (Å²) in [6, 6.07) is -1.52. The normalized spacial score (nSPS) is 13.8. The molecule has 324 valence electrons. The molecule has 0 saturated heterocycles. The van der Waals surface area contributed by atoms with Crippen molar-refractivity contribution in [2.75, 3.05) is 19.8 Å². The van der Waals surface area contributed by atoms with Crippen molar-refractivity contribution in [3.8, 4) is 0 Å². The summed E-state index contributed by atoms with van der Waals surface area (Å²) in [6.45, 7) is 2.81. The standard InChI is InChI=1S/C43H82NO10P/c1-3-5-7-9-11-13-15-17-19-21-23-25-27-29-31-33-35-42(46)54-39(37-52-55(49,50)53-38-40(44)43(47)48)36-51-41(45)34-32-30-28-26-24-22-20-18-16-14-12-10-8-6-4-2/h14,16,39-40H,3-13,15,17-38,44H2,1-2H3,(H,47,48)(H,49,50)/b16-14+/t39-,40+/m1/s1. The number of phosphoric acid groups is 1. The molecule has 0 saturated carbocycles. The molecular formula is C43H82NO10P. The molecule has 0 amide bonds. The van der Waals surface area contributed by atoms with Crippen molar-refractivity contribution in [1.29, 1.82) is 0 Å². The quantitative estimate of drug-likeness (QED) is 0.0232. The highest BCUT2D eigenvalue weighted by atomic mass is 31.2. The molecule has 4 N–H and O–H groups in total. The molecule has 0 rings (SSSR count). The lowest BCUT2D eigenvalue weighted by molar-refractivity contribution is -0.161. The number of nitrogens with two attached hydrogens (primary N) is 1. The number of carbonyl (C=O) groups excluding carboxylic acids is 2. The Balaban J connectivity index is 4.33. The first-order valence-corrected chi connectivity index (χ1v) is 23.7. The van der Waals surface area contributed by atoms with Crippen molar-refractivity contribution in [3.63, 3.8) is 0 Å². The number of allylic oxidation sites excluding steroid dienone is 2. The third-order valence-electron chi connectivity index (χ3n) is 9.76. The van der Waals surface area contributed by atoms with Gasteiger partial charge in [0.15, 0.2) is 6.10 Å². The van der Waals surface area contributed by atoms with Crippen molar-refractivity contribution in [3.05, 3.63) is 12.2 Å². The predicted octanol–water partition coefficient (Wildman–Crippen LogP) is 11.7. The Morgan fingerprint density at radius 3 is 1.35 bits per heavy atom. The highest BCUT2D eigenvalue weighted by Crippen LogP contribution is 2.43. The van der Waals surface area contributed by atoms with Gasteiger partial charge < -0.3 is 25.2 Å². The first-order valence-electron chi connectivity index (χ1n) is 22.2. The number of hydrogen-bond donors (Lipinski definition) is 3. The van der Waals surface area contributed by atoms with Crippen LogP contribution in [0.3, 0.4) is 0 Å². The van der Waals surface area contributed by atoms with E-state index >= 15 is 0 Å². The smallest absolute Gasteiger partial charge is 0.472 e. The zero-order valence-electron chi connectivity index (χ0n) is 35.0. The van der Waals surface area contributed by atoms with Crippen LogP contribution in [0.15, 0.2) is 12.2 Å². The van der Waals surface area contributed by atoms with Crippen LogP contribution in [-0.4, -0.2) is 59.9 Å². The summed E-state index contributed by atoms with van der Waals surface area (Å²) < 4.78 is 32.7. The van der Waals surface area contributed by atoms with Crippen LogP contribution < -0.4 is 5.73 Å². The zero-order chi connectivity index (χ0) is 40.7. The van der Waals surface area contributed by atoms with Crippen LogP contribution in [0.1, 0.15) is 213 Å². The molecule has 0 fully saturated rings. The first-order chi connectivity index (χ1) is 26.6. The van der Waals surface area contributed by atoms with E-state index in [4.69, 9.17) is 24.8 Å². The van der Waals surface area contributed by atoms with E-state index in [1.165, 1.54) is 128 Å². The van der Waals surface area contributed by atoms with Crippen LogP contribution in [0.4, 0.5) is 0 Å². The van der Waals surface area contributed by atoms with E-state index < -0.39 is 51.1 Å². The molecule has 12 heteroatoms. The van der Waals surface area contributed by atoms with Crippen molar-refractivity contribution in [1.82, 2.24) is 0 Å². The minimum Gasteiger partial charge on any atom is -0.480 e. The summed E-state index contributed by atoms with van der Waals surface area (Å²) in [5.74, 6) is -2.37. The van der Waals surface area contributed by atoms with E-state index in [1.54, 1.807) is 0 Å². The summed E-state index contributed by atoms with van der Waals surface area (Å²) >= 11 is 0. The van der Waals surface area contributed by atoms with Gasteiger partial charge in [-0.2, -0.15) is 0 Å². The average Bonchev–Trinajstić information content (AvgIpc) is 3.16. The van der Waals surface area contributed by atoms with Crippen LogP contribution in [0, 0.1) is 0 Å². The molecule has 1 unspecified atom stereocenters. The third kappa shape index (κ3) is 38.9. The molecule has 11 nitrogen and oxygen atoms in total. The van der Waals surface area contributed by atoms with Gasteiger partial charge in [-0.1, -0.05) is 174 Å². The average molecular weight is 804 g/mol. The number of aliphatic carboxylic acids is 1. The summed E-state index contributed by atoms with van der Waals surface area (Å²) in [7, 11) is -4.71. The Morgan fingerprint density at radius 1 is 0.545 bits per heavy atom. The Hall–Kier alpha value is -1.78. The lowest BCUT2D eigenvalue weighted by atomic mass is 10.0. The van der Waals surface area contributed by atoms with Gasteiger partial charge in [0.05, 0.1) is 13.2 Å². The second kappa shape index (κ2) is 39.1. The van der Waals surface area contributed by atoms with Crippen LogP contribution in [0.2, 0.25) is 0 Å². The number of carbonyl (C=O) groups is 3. The summed E-state index contributed by atoms with van der Waals surface area (Å²) in [5.41, 5.74) is 5.33. The summed E-state index contributed by atoms with van der Waals surface area (Å²) in [5, 5.41) is 8.89. The highest BCUT2D eigenvalue weighted by Gasteiger charge is 2.28. The summed E-state index contributed by atoms with van der Waals surface area (Å²) in [6.07, 6.45) is 38.4. The van der Waals surface area contributed by atoms with Crippen molar-refractivity contribution in [2.45, 2.75) is 225 Å². The van der Waals surface area contributed by atoms with Crippen LogP contribution in [0.25, 0.3) is 0 Å². The molecule has 0 aromatic rings. The number of esters is 2. The molecule has 0 spiro atoms. The fourth-order valence-corrected chi connectivity index (χ4v) is 7.02. The maximum atomic E-state index is 12.6. The topological polar surface area (TPSA) is 172 Å². The number of carboxylic acids is 1. The largest absolute Gasteiger partial charge is 0.480 e. The number of ether oxygens (including phenoxy) is 2. The van der Waals surface area contributed by atoms with E-state index in [9.17, 15) is 23.8 Å². The van der Waals surface area contributed by atoms with Crippen LogP contribution >= 0.6 is 7.82 Å². The van der Waals surface area contributed by atoms with Gasteiger partial charge in [0.25, 0.3) is 0 Å². The van der Waals surface area contributed by atoms with Gasteiger partial charge in [-0.15, -0.1) is 0 Å². The molecule has 0 heterocycles. The number of carboxylic acid groups (broad SMARTS) is 1. The summed E-state index contributed by atoms with van der Waals surface area (Å²) in [4.78, 5) is 45.9. The molecule has 0 radical (unpaired) electrons. The molecule has 0 aliphatic heterocycles. The van der Waals surface area contributed by atoms with Gasteiger partial charge in [-0.3, -0.25) is 23.4 Å². The van der Waals surface area contributed by atoms with Gasteiger partial charge in [0.2, 0.25) is 0 Å². The molecule has 0 aliphatic carbocycles. The van der Waals surface area contributed by atoms with E-state index in [-0.39, 0.29) is 19.4 Å². The van der Waals surface area contributed by atoms with E-state index in [0.29, 0.717) is 12.8 Å². The fourth-order valence-electron chi connectivity index (χ4n) is 6.24. The van der Waals surface area contributed by atoms with E-state index in [0.717, 1.165) is 44.9 Å². The SMILES string of the molecule is CCCCCC/C=C/CCCCCCCCCC(=O)OC[C@H](COP(=O)(O)OC[C@H](N)C(=O)O)OC(=O)CCCCCCCCCCCCCCCCCC. The number of rotatable bonds is 42. The Bertz CT molecular complexity index is 995. The van der Waals surface area contributed by atoms with Gasteiger partial charge in [-0.05, 0) is 38.5 Å². The number of phosphoric ester groups is 1. The maximum absolute atomic E-state index is 12.6. The molecule has 55 heavy (non-hydrogen) atoms. The van der Waals surface area contributed by atoms with Crippen molar-refractivity contribution in [2.24, 2.45) is 5.73 Å². The minimum atomic E-state index is -4.71. The third-order valence-corrected chi connectivity index (χ3v) is 10.7. The van der Waals surface area contributed by atoms with Gasteiger partial charge in [0, 0.05) is 12.8 Å². The van der Waals surface area contributed by atoms with Crippen LogP contribution in [0.5, 0.6) is 0 Å². The molecule has 3 atom stereocenters. The predicted molar refractivity (Wildman–Crippen MR) is 222 cm³/mol. The van der Waals surface area contributed by atoms with E-state index in [2.05, 4.69) is 30.5 Å². The monoisotopic (exact) mass is 804 g/mol. The molecular weight excluding hydrogens is 721 g/mol. The Morgan fingerprint density at radius 2 is 0.909 bits per heavy atom. The molecule has 0 aromatic carbocycles. The van der Waals surface area contributed by atoms with Gasteiger partial charge in [-0.25, -0.2) is 4.57 Å². The van der Waals surface area contributed by atoms with Gasteiger partial charge in [0.1, 0.15) is 12.6 Å². The zero-order valence-corrected chi connectivity index (χ0v) is 35.9. The lowest BCUT2D eigenvalue weighted by Gasteiger charge is -2.20. The second-order valence-corrected chi connectivity index (χ2v) is 16.6. The Labute approximate surface area is 335 Å². The first kappa shape index (κ1) is 53.2.